The third-order valence-electron chi connectivity index (χ3n) is 5.16. The Kier molecular flexibility index (Phi) is 3.68. The van der Waals surface area contributed by atoms with Gasteiger partial charge in [-0.3, -0.25) is 4.79 Å². The number of methoxy groups -OCH3 is 2. The molecule has 0 aromatic heterocycles. The van der Waals surface area contributed by atoms with Gasteiger partial charge < -0.3 is 14.4 Å². The maximum atomic E-state index is 13.1. The van der Waals surface area contributed by atoms with Crippen LogP contribution in [0, 0.1) is 0 Å². The van der Waals surface area contributed by atoms with Gasteiger partial charge in [-0.1, -0.05) is 30.3 Å². The van der Waals surface area contributed by atoms with Gasteiger partial charge in [0.15, 0.2) is 11.5 Å². The molecule has 24 heavy (non-hydrogen) atoms. The van der Waals surface area contributed by atoms with Crippen molar-refractivity contribution >= 4 is 5.91 Å². The molecule has 0 fully saturated rings. The van der Waals surface area contributed by atoms with E-state index in [0.717, 1.165) is 24.8 Å². The largest absolute Gasteiger partial charge is 0.493 e. The lowest BCUT2D eigenvalue weighted by Gasteiger charge is -2.33. The first-order chi connectivity index (χ1) is 11.7. The number of benzene rings is 2. The molecule has 0 saturated carbocycles. The van der Waals surface area contributed by atoms with Gasteiger partial charge in [0.1, 0.15) is 0 Å². The monoisotopic (exact) mass is 323 g/mol. The zero-order valence-electron chi connectivity index (χ0n) is 14.0. The minimum absolute atomic E-state index is 0.0439. The molecule has 0 N–H and O–H groups in total. The molecule has 1 unspecified atom stereocenters. The number of carbonyl (C=O) groups excluding carboxylic acids is 1. The Morgan fingerprint density at radius 1 is 1.04 bits per heavy atom. The summed E-state index contributed by atoms with van der Waals surface area (Å²) < 4.78 is 10.8. The summed E-state index contributed by atoms with van der Waals surface area (Å²) in [6, 6.07) is 12.5. The van der Waals surface area contributed by atoms with E-state index in [9.17, 15) is 4.79 Å². The average Bonchev–Trinajstić information content (AvgIpc) is 2.97. The van der Waals surface area contributed by atoms with Gasteiger partial charge in [-0.05, 0) is 42.0 Å². The summed E-state index contributed by atoms with van der Waals surface area (Å²) in [6.07, 6.45) is 3.22. The molecule has 4 rings (SSSR count). The third kappa shape index (κ3) is 2.17. The Bertz CT molecular complexity index is 799. The summed E-state index contributed by atoms with van der Waals surface area (Å²) in [7, 11) is 3.18. The average molecular weight is 323 g/mol. The summed E-state index contributed by atoms with van der Waals surface area (Å²) in [5.74, 6) is 1.20. The summed E-state index contributed by atoms with van der Waals surface area (Å²) in [4.78, 5) is 15.1. The van der Waals surface area contributed by atoms with Gasteiger partial charge in [0.05, 0.1) is 25.8 Å². The fraction of sp³-hybridized carbons (Fsp3) is 0.350. The van der Waals surface area contributed by atoms with Crippen molar-refractivity contribution in [2.75, 3.05) is 14.2 Å². The maximum absolute atomic E-state index is 13.1. The first-order valence-electron chi connectivity index (χ1n) is 8.37. The third-order valence-corrected chi connectivity index (χ3v) is 5.16. The number of ether oxygens (including phenoxy) is 2. The predicted molar refractivity (Wildman–Crippen MR) is 91.5 cm³/mol. The minimum Gasteiger partial charge on any atom is -0.493 e. The Morgan fingerprint density at radius 2 is 1.88 bits per heavy atom. The van der Waals surface area contributed by atoms with E-state index in [2.05, 4.69) is 24.3 Å². The van der Waals surface area contributed by atoms with Crippen LogP contribution in [0.1, 0.15) is 45.9 Å². The van der Waals surface area contributed by atoms with Crippen molar-refractivity contribution in [3.8, 4) is 11.5 Å². The van der Waals surface area contributed by atoms with Crippen molar-refractivity contribution in [3.63, 3.8) is 0 Å². The first-order valence-corrected chi connectivity index (χ1v) is 8.37. The van der Waals surface area contributed by atoms with Gasteiger partial charge in [-0.2, -0.15) is 0 Å². The fourth-order valence-corrected chi connectivity index (χ4v) is 4.04. The standard InChI is InChI=1S/C20H21NO3/c1-23-17-11-10-14-12-21(20(22)18(14)19(17)24-2)16-9-5-7-13-6-3-4-8-15(13)16/h3-4,6,8,10-11,16H,5,7,9,12H2,1-2H3. The Balaban J connectivity index is 1.75. The van der Waals surface area contributed by atoms with Crippen LogP contribution >= 0.6 is 0 Å². The number of amides is 1. The summed E-state index contributed by atoms with van der Waals surface area (Å²) in [5, 5.41) is 0. The highest BCUT2D eigenvalue weighted by atomic mass is 16.5. The molecular formula is C20H21NO3. The Labute approximate surface area is 142 Å². The minimum atomic E-state index is 0.0439. The predicted octanol–water partition coefficient (Wildman–Crippen LogP) is 3.74. The van der Waals surface area contributed by atoms with Gasteiger partial charge in [-0.15, -0.1) is 0 Å². The van der Waals surface area contributed by atoms with Crippen LogP contribution in [0.15, 0.2) is 36.4 Å². The molecule has 1 atom stereocenters. The van der Waals surface area contributed by atoms with E-state index in [-0.39, 0.29) is 11.9 Å². The van der Waals surface area contributed by atoms with Crippen molar-refractivity contribution < 1.29 is 14.3 Å². The van der Waals surface area contributed by atoms with E-state index in [4.69, 9.17) is 9.47 Å². The SMILES string of the molecule is COc1ccc2c(c1OC)C(=O)N(C1CCCc3ccccc31)C2. The number of hydrogen-bond acceptors (Lipinski definition) is 3. The molecule has 4 nitrogen and oxygen atoms in total. The molecule has 2 aromatic carbocycles. The summed E-state index contributed by atoms with van der Waals surface area (Å²) in [5.41, 5.74) is 4.32. The van der Waals surface area contributed by atoms with Crippen molar-refractivity contribution in [2.45, 2.75) is 31.8 Å². The molecule has 0 spiro atoms. The van der Waals surface area contributed by atoms with Crippen molar-refractivity contribution in [1.29, 1.82) is 0 Å². The van der Waals surface area contributed by atoms with Crippen LogP contribution in [0.5, 0.6) is 11.5 Å². The molecule has 1 amide bonds. The van der Waals surface area contributed by atoms with Gasteiger partial charge >= 0.3 is 0 Å². The summed E-state index contributed by atoms with van der Waals surface area (Å²) in [6.45, 7) is 0.632. The van der Waals surface area contributed by atoms with Crippen molar-refractivity contribution in [3.05, 3.63) is 58.7 Å². The lowest BCUT2D eigenvalue weighted by Crippen LogP contribution is -2.31. The molecule has 0 saturated heterocycles. The molecule has 124 valence electrons. The van der Waals surface area contributed by atoms with E-state index in [1.54, 1.807) is 14.2 Å². The second kappa shape index (κ2) is 5.86. The molecule has 1 aliphatic heterocycles. The topological polar surface area (TPSA) is 38.8 Å². The molecule has 4 heteroatoms. The molecule has 0 bridgehead atoms. The van der Waals surface area contributed by atoms with Crippen LogP contribution in [0.3, 0.4) is 0 Å². The number of aryl methyl sites for hydroxylation is 1. The first kappa shape index (κ1) is 15.1. The molecule has 2 aliphatic rings. The molecule has 1 aliphatic carbocycles. The smallest absolute Gasteiger partial charge is 0.258 e. The lowest BCUT2D eigenvalue weighted by atomic mass is 9.87. The second-order valence-corrected chi connectivity index (χ2v) is 6.38. The molecular weight excluding hydrogens is 302 g/mol. The van der Waals surface area contributed by atoms with Gasteiger partial charge in [0.25, 0.3) is 5.91 Å². The summed E-state index contributed by atoms with van der Waals surface area (Å²) >= 11 is 0. The lowest BCUT2D eigenvalue weighted by molar-refractivity contribution is 0.0680. The Morgan fingerprint density at radius 3 is 2.67 bits per heavy atom. The highest BCUT2D eigenvalue weighted by Crippen LogP contribution is 2.43. The quantitative estimate of drug-likeness (QED) is 0.864. The second-order valence-electron chi connectivity index (χ2n) is 6.38. The highest BCUT2D eigenvalue weighted by Gasteiger charge is 2.38. The number of carbonyl (C=O) groups is 1. The van der Waals surface area contributed by atoms with Crippen LogP contribution < -0.4 is 9.47 Å². The van der Waals surface area contributed by atoms with Crippen LogP contribution in [0.2, 0.25) is 0 Å². The van der Waals surface area contributed by atoms with Crippen molar-refractivity contribution in [1.82, 2.24) is 4.90 Å². The van der Waals surface area contributed by atoms with Crippen LogP contribution in [0.25, 0.3) is 0 Å². The van der Waals surface area contributed by atoms with Crippen LogP contribution in [-0.2, 0) is 13.0 Å². The molecule has 2 aromatic rings. The fourth-order valence-electron chi connectivity index (χ4n) is 4.04. The van der Waals surface area contributed by atoms with E-state index >= 15 is 0 Å². The van der Waals surface area contributed by atoms with E-state index in [1.165, 1.54) is 11.1 Å². The van der Waals surface area contributed by atoms with E-state index in [0.29, 0.717) is 23.6 Å². The number of hydrogen-bond donors (Lipinski definition) is 0. The number of fused-ring (bicyclic) bond motifs is 2. The maximum Gasteiger partial charge on any atom is 0.258 e. The number of rotatable bonds is 3. The van der Waals surface area contributed by atoms with Gasteiger partial charge in [-0.25, -0.2) is 0 Å². The normalized spacial score (nSPS) is 19.0. The zero-order chi connectivity index (χ0) is 16.7. The van der Waals surface area contributed by atoms with Gasteiger partial charge in [0.2, 0.25) is 0 Å². The molecule has 1 heterocycles. The highest BCUT2D eigenvalue weighted by molar-refractivity contribution is 6.02. The molecule has 0 radical (unpaired) electrons. The zero-order valence-corrected chi connectivity index (χ0v) is 14.0. The van der Waals surface area contributed by atoms with E-state index < -0.39 is 0 Å². The number of nitrogens with zero attached hydrogens (tertiary/aromatic N) is 1. The van der Waals surface area contributed by atoms with Crippen LogP contribution in [0.4, 0.5) is 0 Å². The van der Waals surface area contributed by atoms with Crippen molar-refractivity contribution in [2.24, 2.45) is 0 Å². The Hall–Kier alpha value is -2.49. The van der Waals surface area contributed by atoms with Gasteiger partial charge in [0, 0.05) is 6.54 Å². The van der Waals surface area contributed by atoms with E-state index in [1.807, 2.05) is 17.0 Å². The van der Waals surface area contributed by atoms with Crippen LogP contribution in [-0.4, -0.2) is 25.0 Å².